The molecule has 0 spiro atoms. The molecule has 146 valence electrons. The first kappa shape index (κ1) is 18.9. The third kappa shape index (κ3) is 4.04. The van der Waals surface area contributed by atoms with Crippen LogP contribution in [0.2, 0.25) is 0 Å². The summed E-state index contributed by atoms with van der Waals surface area (Å²) in [4.78, 5) is 16.8. The van der Waals surface area contributed by atoms with Crippen LogP contribution in [0.4, 0.5) is 4.39 Å². The summed E-state index contributed by atoms with van der Waals surface area (Å²) in [5, 5.41) is 3.98. The largest absolute Gasteiger partial charge is 0.352 e. The van der Waals surface area contributed by atoms with Crippen molar-refractivity contribution in [3.8, 4) is 0 Å². The Bertz CT molecular complexity index is 1140. The fourth-order valence-corrected chi connectivity index (χ4v) is 3.75. The van der Waals surface area contributed by atoms with E-state index in [0.717, 1.165) is 22.0 Å². The van der Waals surface area contributed by atoms with Crippen LogP contribution in [0, 0.1) is 5.82 Å². The molecular formula is C24H22FN3O. The lowest BCUT2D eigenvalue weighted by Gasteiger charge is -2.18. The normalized spacial score (nSPS) is 12.1. The van der Waals surface area contributed by atoms with Gasteiger partial charge in [-0.3, -0.25) is 9.78 Å². The minimum Gasteiger partial charge on any atom is -0.352 e. The van der Waals surface area contributed by atoms with E-state index in [-0.39, 0.29) is 24.1 Å². The molecule has 0 aliphatic heterocycles. The van der Waals surface area contributed by atoms with E-state index in [2.05, 4.69) is 10.3 Å². The molecule has 2 aromatic carbocycles. The molecule has 0 saturated carbocycles. The van der Waals surface area contributed by atoms with E-state index >= 15 is 0 Å². The number of hydrogen-bond donors (Lipinski definition) is 1. The van der Waals surface area contributed by atoms with Crippen molar-refractivity contribution < 1.29 is 9.18 Å². The second kappa shape index (κ2) is 8.27. The molecule has 4 nitrogen and oxygen atoms in total. The molecule has 2 heterocycles. The average Bonchev–Trinajstić information content (AvgIpc) is 3.09. The Morgan fingerprint density at radius 2 is 1.76 bits per heavy atom. The van der Waals surface area contributed by atoms with Crippen molar-refractivity contribution in [2.75, 3.05) is 0 Å². The van der Waals surface area contributed by atoms with E-state index in [1.165, 1.54) is 6.07 Å². The Morgan fingerprint density at radius 1 is 1.03 bits per heavy atom. The van der Waals surface area contributed by atoms with Gasteiger partial charge in [-0.1, -0.05) is 36.4 Å². The smallest absolute Gasteiger partial charge is 0.221 e. The van der Waals surface area contributed by atoms with Crippen molar-refractivity contribution in [2.45, 2.75) is 18.9 Å². The Balaban J connectivity index is 1.66. The molecule has 0 saturated heterocycles. The molecule has 0 unspecified atom stereocenters. The topological polar surface area (TPSA) is 46.9 Å². The predicted octanol–water partition coefficient (Wildman–Crippen LogP) is 4.55. The summed E-state index contributed by atoms with van der Waals surface area (Å²) in [7, 11) is 1.97. The molecule has 1 amide bonds. The first-order valence-corrected chi connectivity index (χ1v) is 9.57. The summed E-state index contributed by atoms with van der Waals surface area (Å²) < 4.78 is 16.7. The van der Waals surface area contributed by atoms with Crippen molar-refractivity contribution in [1.29, 1.82) is 0 Å². The fraction of sp³-hybridized carbons (Fsp3) is 0.167. The number of amides is 1. The van der Waals surface area contributed by atoms with Gasteiger partial charge in [0.25, 0.3) is 0 Å². The van der Waals surface area contributed by atoms with Crippen molar-refractivity contribution in [3.63, 3.8) is 0 Å². The molecule has 1 atom stereocenters. The number of benzene rings is 2. The summed E-state index contributed by atoms with van der Waals surface area (Å²) in [5.74, 6) is -0.796. The SMILES string of the molecule is Cn1cc([C@H](CC(=O)NCc2ccncc2)c2ccccc2F)c2ccccc21. The second-order valence-electron chi connectivity index (χ2n) is 7.12. The van der Waals surface area contributed by atoms with Gasteiger partial charge in [-0.25, -0.2) is 4.39 Å². The van der Waals surface area contributed by atoms with Gasteiger partial charge in [-0.05, 0) is 41.0 Å². The predicted molar refractivity (Wildman–Crippen MR) is 112 cm³/mol. The van der Waals surface area contributed by atoms with Gasteiger partial charge in [-0.15, -0.1) is 0 Å². The first-order chi connectivity index (χ1) is 14.1. The van der Waals surface area contributed by atoms with E-state index in [9.17, 15) is 9.18 Å². The number of hydrogen-bond acceptors (Lipinski definition) is 2. The Hall–Kier alpha value is -3.47. The van der Waals surface area contributed by atoms with Crippen LogP contribution in [-0.2, 0) is 18.4 Å². The Morgan fingerprint density at radius 3 is 2.55 bits per heavy atom. The highest BCUT2D eigenvalue weighted by atomic mass is 19.1. The van der Waals surface area contributed by atoms with Crippen LogP contribution in [0.15, 0.2) is 79.3 Å². The van der Waals surface area contributed by atoms with Crippen LogP contribution in [0.1, 0.15) is 29.0 Å². The van der Waals surface area contributed by atoms with Gasteiger partial charge in [0, 0.05) is 55.4 Å². The minimum absolute atomic E-state index is 0.122. The summed E-state index contributed by atoms with van der Waals surface area (Å²) in [6, 6.07) is 18.4. The van der Waals surface area contributed by atoms with Gasteiger partial charge in [0.2, 0.25) is 5.91 Å². The number of fused-ring (bicyclic) bond motifs is 1. The summed E-state index contributed by atoms with van der Waals surface area (Å²) >= 11 is 0. The molecule has 0 fully saturated rings. The number of para-hydroxylation sites is 1. The van der Waals surface area contributed by atoms with Gasteiger partial charge >= 0.3 is 0 Å². The van der Waals surface area contributed by atoms with E-state index in [1.807, 2.05) is 60.3 Å². The molecule has 4 aromatic rings. The van der Waals surface area contributed by atoms with Crippen molar-refractivity contribution >= 4 is 16.8 Å². The van der Waals surface area contributed by atoms with E-state index in [4.69, 9.17) is 0 Å². The van der Waals surface area contributed by atoms with Crippen molar-refractivity contribution in [1.82, 2.24) is 14.9 Å². The number of nitrogens with zero attached hydrogens (tertiary/aromatic N) is 2. The molecular weight excluding hydrogens is 365 g/mol. The molecule has 0 aliphatic rings. The third-order valence-electron chi connectivity index (χ3n) is 5.21. The maximum Gasteiger partial charge on any atom is 0.221 e. The van der Waals surface area contributed by atoms with Crippen LogP contribution in [0.3, 0.4) is 0 Å². The lowest BCUT2D eigenvalue weighted by atomic mass is 9.87. The number of carbonyl (C=O) groups is 1. The first-order valence-electron chi connectivity index (χ1n) is 9.57. The maximum absolute atomic E-state index is 14.7. The summed E-state index contributed by atoms with van der Waals surface area (Å²) in [6.45, 7) is 0.418. The zero-order chi connectivity index (χ0) is 20.2. The molecule has 2 aromatic heterocycles. The number of aryl methyl sites for hydroxylation is 1. The maximum atomic E-state index is 14.7. The molecule has 4 rings (SSSR count). The van der Waals surface area contributed by atoms with Gasteiger partial charge in [0.1, 0.15) is 5.82 Å². The Kier molecular flexibility index (Phi) is 5.38. The highest BCUT2D eigenvalue weighted by Gasteiger charge is 2.24. The highest BCUT2D eigenvalue weighted by Crippen LogP contribution is 2.35. The standard InChI is InChI=1S/C24H22FN3O/c1-28-16-21(19-7-3-5-9-23(19)28)20(18-6-2-4-8-22(18)25)14-24(29)27-15-17-10-12-26-13-11-17/h2-13,16,20H,14-15H2,1H3,(H,27,29)/t20-/m1/s1. The number of nitrogens with one attached hydrogen (secondary N) is 1. The fourth-order valence-electron chi connectivity index (χ4n) is 3.75. The van der Waals surface area contributed by atoms with Crippen molar-refractivity contribution in [3.05, 3.63) is 102 Å². The van der Waals surface area contributed by atoms with Gasteiger partial charge < -0.3 is 9.88 Å². The average molecular weight is 387 g/mol. The van der Waals surface area contributed by atoms with E-state index in [0.29, 0.717) is 12.1 Å². The molecule has 0 aliphatic carbocycles. The van der Waals surface area contributed by atoms with Gasteiger partial charge in [-0.2, -0.15) is 0 Å². The molecule has 1 N–H and O–H groups in total. The van der Waals surface area contributed by atoms with Crippen LogP contribution in [-0.4, -0.2) is 15.5 Å². The molecule has 0 radical (unpaired) electrons. The number of aromatic nitrogens is 2. The zero-order valence-corrected chi connectivity index (χ0v) is 16.2. The zero-order valence-electron chi connectivity index (χ0n) is 16.2. The number of rotatable bonds is 6. The van der Waals surface area contributed by atoms with Gasteiger partial charge in [0.05, 0.1) is 0 Å². The summed E-state index contributed by atoms with van der Waals surface area (Å²) in [5.41, 5.74) is 3.51. The third-order valence-corrected chi connectivity index (χ3v) is 5.21. The number of carbonyl (C=O) groups excluding carboxylic acids is 1. The summed E-state index contributed by atoms with van der Waals surface area (Å²) in [6.07, 6.45) is 5.55. The minimum atomic E-state index is -0.375. The quantitative estimate of drug-likeness (QED) is 0.528. The molecule has 0 bridgehead atoms. The Labute approximate surface area is 169 Å². The van der Waals surface area contributed by atoms with E-state index in [1.54, 1.807) is 24.5 Å². The lowest BCUT2D eigenvalue weighted by molar-refractivity contribution is -0.121. The molecule has 29 heavy (non-hydrogen) atoms. The second-order valence-corrected chi connectivity index (χ2v) is 7.12. The number of pyridine rings is 1. The van der Waals surface area contributed by atoms with Crippen LogP contribution in [0.25, 0.3) is 10.9 Å². The highest BCUT2D eigenvalue weighted by molar-refractivity contribution is 5.86. The molecule has 5 heteroatoms. The monoisotopic (exact) mass is 387 g/mol. The van der Waals surface area contributed by atoms with Gasteiger partial charge in [0.15, 0.2) is 0 Å². The van der Waals surface area contributed by atoms with Crippen molar-refractivity contribution in [2.24, 2.45) is 7.05 Å². The van der Waals surface area contributed by atoms with E-state index < -0.39 is 0 Å². The van der Waals surface area contributed by atoms with Crippen LogP contribution >= 0.6 is 0 Å². The number of halogens is 1. The lowest BCUT2D eigenvalue weighted by Crippen LogP contribution is -2.25. The van der Waals surface area contributed by atoms with Crippen LogP contribution in [0.5, 0.6) is 0 Å². The van der Waals surface area contributed by atoms with Crippen LogP contribution < -0.4 is 5.32 Å².